The summed E-state index contributed by atoms with van der Waals surface area (Å²) in [4.78, 5) is 10.6. The van der Waals surface area contributed by atoms with Crippen LogP contribution in [0.1, 0.15) is 18.3 Å². The van der Waals surface area contributed by atoms with Crippen LogP contribution in [0.5, 0.6) is 0 Å². The van der Waals surface area contributed by atoms with E-state index in [1.165, 1.54) is 6.07 Å². The van der Waals surface area contributed by atoms with Crippen molar-refractivity contribution in [2.24, 2.45) is 0 Å². The number of halogens is 1. The van der Waals surface area contributed by atoms with Gasteiger partial charge in [-0.3, -0.25) is 0 Å². The molecule has 1 aliphatic rings. The number of aryl methyl sites for hydroxylation is 1. The lowest BCUT2D eigenvalue weighted by molar-refractivity contribution is 0.628. The average Bonchev–Trinajstić information content (AvgIpc) is 2.80. The quantitative estimate of drug-likeness (QED) is 0.899. The summed E-state index contributed by atoms with van der Waals surface area (Å²) in [6, 6.07) is 6.61. The van der Waals surface area contributed by atoms with Gasteiger partial charge >= 0.3 is 0 Å². The summed E-state index contributed by atoms with van der Waals surface area (Å²) in [5, 5.41) is 0. The SMILES string of the molecule is CCc1nc(N)cc(N2CCc3ccc(F)cc32)n1. The summed E-state index contributed by atoms with van der Waals surface area (Å²) < 4.78 is 13.4. The molecule has 1 aliphatic heterocycles. The van der Waals surface area contributed by atoms with Gasteiger partial charge in [0.15, 0.2) is 0 Å². The van der Waals surface area contributed by atoms with Gasteiger partial charge in [0.05, 0.1) is 0 Å². The molecule has 0 radical (unpaired) electrons. The highest BCUT2D eigenvalue weighted by molar-refractivity contribution is 5.68. The Balaban J connectivity index is 2.06. The van der Waals surface area contributed by atoms with Crippen LogP contribution in [0.25, 0.3) is 0 Å². The lowest BCUT2D eigenvalue weighted by Gasteiger charge is -2.19. The molecular formula is C14H15FN4. The number of hydrogen-bond donors (Lipinski definition) is 1. The van der Waals surface area contributed by atoms with E-state index in [-0.39, 0.29) is 5.82 Å². The van der Waals surface area contributed by atoms with Gasteiger partial charge in [-0.2, -0.15) is 0 Å². The Labute approximate surface area is 111 Å². The van der Waals surface area contributed by atoms with Gasteiger partial charge in [0.2, 0.25) is 0 Å². The van der Waals surface area contributed by atoms with Gasteiger partial charge in [0.25, 0.3) is 0 Å². The first-order chi connectivity index (χ1) is 9.17. The van der Waals surface area contributed by atoms with E-state index in [1.54, 1.807) is 12.1 Å². The molecule has 2 aromatic rings. The molecule has 0 unspecified atom stereocenters. The van der Waals surface area contributed by atoms with Gasteiger partial charge in [-0.05, 0) is 24.1 Å². The van der Waals surface area contributed by atoms with Crippen LogP contribution < -0.4 is 10.6 Å². The topological polar surface area (TPSA) is 55.0 Å². The molecule has 4 nitrogen and oxygen atoms in total. The minimum atomic E-state index is -0.233. The van der Waals surface area contributed by atoms with Gasteiger partial charge in [-0.1, -0.05) is 13.0 Å². The second-order valence-electron chi connectivity index (χ2n) is 4.60. The molecule has 19 heavy (non-hydrogen) atoms. The van der Waals surface area contributed by atoms with Crippen molar-refractivity contribution in [1.82, 2.24) is 9.97 Å². The summed E-state index contributed by atoms with van der Waals surface area (Å²) >= 11 is 0. The van der Waals surface area contributed by atoms with E-state index in [9.17, 15) is 4.39 Å². The van der Waals surface area contributed by atoms with Crippen LogP contribution in [-0.4, -0.2) is 16.5 Å². The van der Waals surface area contributed by atoms with Crippen LogP contribution in [0.3, 0.4) is 0 Å². The second kappa shape index (κ2) is 4.50. The molecule has 0 atom stereocenters. The van der Waals surface area contributed by atoms with E-state index in [1.807, 2.05) is 17.9 Å². The van der Waals surface area contributed by atoms with Gasteiger partial charge in [0, 0.05) is 24.7 Å². The fourth-order valence-electron chi connectivity index (χ4n) is 2.39. The minimum Gasteiger partial charge on any atom is -0.384 e. The minimum absolute atomic E-state index is 0.233. The predicted octanol–water partition coefficient (Wildman–Crippen LogP) is 2.45. The van der Waals surface area contributed by atoms with Crippen molar-refractivity contribution >= 4 is 17.3 Å². The summed E-state index contributed by atoms with van der Waals surface area (Å²) in [6.45, 7) is 2.77. The normalized spacial score (nSPS) is 13.7. The summed E-state index contributed by atoms with van der Waals surface area (Å²) in [6.07, 6.45) is 1.61. The molecule has 2 N–H and O–H groups in total. The second-order valence-corrected chi connectivity index (χ2v) is 4.60. The van der Waals surface area contributed by atoms with Gasteiger partial charge in [0.1, 0.15) is 23.3 Å². The monoisotopic (exact) mass is 258 g/mol. The standard InChI is InChI=1S/C14H15FN4/c1-2-13-17-12(16)8-14(18-13)19-6-5-9-3-4-10(15)7-11(9)19/h3-4,7-8H,2,5-6H2,1H3,(H2,16,17,18). The van der Waals surface area contributed by atoms with Gasteiger partial charge in [-0.15, -0.1) is 0 Å². The van der Waals surface area contributed by atoms with Crippen molar-refractivity contribution in [1.29, 1.82) is 0 Å². The number of nitrogen functional groups attached to an aromatic ring is 1. The van der Waals surface area contributed by atoms with E-state index >= 15 is 0 Å². The predicted molar refractivity (Wildman–Crippen MR) is 72.9 cm³/mol. The molecule has 1 aromatic carbocycles. The lowest BCUT2D eigenvalue weighted by Crippen LogP contribution is -2.16. The molecule has 3 rings (SSSR count). The Morgan fingerprint density at radius 3 is 2.95 bits per heavy atom. The van der Waals surface area contributed by atoms with Crippen LogP contribution in [-0.2, 0) is 12.8 Å². The maximum atomic E-state index is 13.4. The highest BCUT2D eigenvalue weighted by atomic mass is 19.1. The summed E-state index contributed by atoms with van der Waals surface area (Å²) in [5.74, 6) is 1.67. The van der Waals surface area contributed by atoms with Crippen molar-refractivity contribution in [3.05, 3.63) is 41.5 Å². The van der Waals surface area contributed by atoms with Crippen LogP contribution in [0.15, 0.2) is 24.3 Å². The Morgan fingerprint density at radius 2 is 2.16 bits per heavy atom. The van der Waals surface area contributed by atoms with Gasteiger partial charge < -0.3 is 10.6 Å². The number of fused-ring (bicyclic) bond motifs is 1. The van der Waals surface area contributed by atoms with Crippen molar-refractivity contribution in [2.45, 2.75) is 19.8 Å². The summed E-state index contributed by atoms with van der Waals surface area (Å²) in [5.41, 5.74) is 7.81. The number of rotatable bonds is 2. The first-order valence-electron chi connectivity index (χ1n) is 6.37. The van der Waals surface area contributed by atoms with Crippen molar-refractivity contribution in [3.63, 3.8) is 0 Å². The number of aromatic nitrogens is 2. The maximum Gasteiger partial charge on any atom is 0.138 e. The Hall–Kier alpha value is -2.17. The number of nitrogens with two attached hydrogens (primary N) is 1. The number of hydrogen-bond acceptors (Lipinski definition) is 4. The highest BCUT2D eigenvalue weighted by Crippen LogP contribution is 2.34. The van der Waals surface area contributed by atoms with Crippen LogP contribution in [0.2, 0.25) is 0 Å². The molecule has 0 aliphatic carbocycles. The van der Waals surface area contributed by atoms with Crippen molar-refractivity contribution in [2.75, 3.05) is 17.2 Å². The van der Waals surface area contributed by atoms with E-state index in [4.69, 9.17) is 5.73 Å². The Bertz CT molecular complexity index is 627. The van der Waals surface area contributed by atoms with E-state index in [0.717, 1.165) is 36.5 Å². The number of anilines is 3. The van der Waals surface area contributed by atoms with Gasteiger partial charge in [-0.25, -0.2) is 14.4 Å². The largest absolute Gasteiger partial charge is 0.384 e. The Kier molecular flexibility index (Phi) is 2.81. The zero-order chi connectivity index (χ0) is 13.4. The van der Waals surface area contributed by atoms with E-state index < -0.39 is 0 Å². The first-order valence-corrected chi connectivity index (χ1v) is 6.37. The molecule has 0 amide bonds. The first kappa shape index (κ1) is 11.9. The third-order valence-corrected chi connectivity index (χ3v) is 3.31. The van der Waals surface area contributed by atoms with Crippen LogP contribution in [0.4, 0.5) is 21.7 Å². The third-order valence-electron chi connectivity index (χ3n) is 3.31. The molecule has 0 saturated carbocycles. The molecule has 0 saturated heterocycles. The zero-order valence-corrected chi connectivity index (χ0v) is 10.7. The zero-order valence-electron chi connectivity index (χ0n) is 10.7. The number of nitrogens with zero attached hydrogens (tertiary/aromatic N) is 3. The molecule has 0 fully saturated rings. The molecule has 0 spiro atoms. The molecule has 1 aromatic heterocycles. The fraction of sp³-hybridized carbons (Fsp3) is 0.286. The molecule has 98 valence electrons. The maximum absolute atomic E-state index is 13.4. The van der Waals surface area contributed by atoms with Crippen molar-refractivity contribution < 1.29 is 4.39 Å². The Morgan fingerprint density at radius 1 is 1.32 bits per heavy atom. The molecule has 0 bridgehead atoms. The molecular weight excluding hydrogens is 243 g/mol. The highest BCUT2D eigenvalue weighted by Gasteiger charge is 2.22. The van der Waals surface area contributed by atoms with E-state index in [2.05, 4.69) is 9.97 Å². The smallest absolute Gasteiger partial charge is 0.138 e. The molecule has 5 heteroatoms. The van der Waals surface area contributed by atoms with Crippen molar-refractivity contribution in [3.8, 4) is 0 Å². The average molecular weight is 258 g/mol. The lowest BCUT2D eigenvalue weighted by atomic mass is 10.2. The fourth-order valence-corrected chi connectivity index (χ4v) is 2.39. The summed E-state index contributed by atoms with van der Waals surface area (Å²) in [7, 11) is 0. The third kappa shape index (κ3) is 2.12. The van der Waals surface area contributed by atoms with E-state index in [0.29, 0.717) is 11.6 Å². The molecule has 2 heterocycles. The van der Waals surface area contributed by atoms with Crippen LogP contribution in [0, 0.1) is 5.82 Å². The number of benzene rings is 1. The van der Waals surface area contributed by atoms with Crippen LogP contribution >= 0.6 is 0 Å².